The van der Waals surface area contributed by atoms with Gasteiger partial charge in [-0.3, -0.25) is 4.90 Å². The van der Waals surface area contributed by atoms with E-state index in [0.29, 0.717) is 6.10 Å². The van der Waals surface area contributed by atoms with Crippen LogP contribution in [0.3, 0.4) is 0 Å². The van der Waals surface area contributed by atoms with Gasteiger partial charge in [-0.1, -0.05) is 22.9 Å². The van der Waals surface area contributed by atoms with Gasteiger partial charge in [0.1, 0.15) is 11.9 Å². The summed E-state index contributed by atoms with van der Waals surface area (Å²) in [4.78, 5) is 2.56. The van der Waals surface area contributed by atoms with E-state index in [4.69, 9.17) is 4.74 Å². The first-order valence-electron chi connectivity index (χ1n) is 8.12. The first kappa shape index (κ1) is 15.3. The van der Waals surface area contributed by atoms with Crippen LogP contribution < -0.4 is 10.1 Å². The maximum absolute atomic E-state index is 6.11. The number of likely N-dealkylation sites (N-methyl/N-ethyl adjacent to an activating group) is 1. The highest BCUT2D eigenvalue weighted by atomic mass is 79.9. The van der Waals surface area contributed by atoms with E-state index in [1.165, 1.54) is 38.0 Å². The third kappa shape index (κ3) is 3.99. The summed E-state index contributed by atoms with van der Waals surface area (Å²) < 4.78 is 7.25. The van der Waals surface area contributed by atoms with Gasteiger partial charge in [0, 0.05) is 24.0 Å². The molecule has 0 bridgehead atoms. The van der Waals surface area contributed by atoms with Crippen LogP contribution in [0.5, 0.6) is 5.75 Å². The minimum Gasteiger partial charge on any atom is -0.488 e. The first-order valence-corrected chi connectivity index (χ1v) is 8.92. The Morgan fingerprint density at radius 1 is 1.38 bits per heavy atom. The molecule has 2 atom stereocenters. The third-order valence-electron chi connectivity index (χ3n) is 4.59. The zero-order valence-electron chi connectivity index (χ0n) is 12.8. The third-order valence-corrected chi connectivity index (χ3v) is 5.08. The molecule has 0 aromatic heterocycles. The maximum Gasteiger partial charge on any atom is 0.123 e. The van der Waals surface area contributed by atoms with Crippen molar-refractivity contribution in [2.24, 2.45) is 5.92 Å². The number of ether oxygens (including phenoxy) is 1. The largest absolute Gasteiger partial charge is 0.488 e. The molecular formula is C17H25BrN2O. The number of rotatable bonds is 5. The van der Waals surface area contributed by atoms with Crippen LogP contribution >= 0.6 is 15.9 Å². The fourth-order valence-corrected chi connectivity index (χ4v) is 3.87. The molecule has 0 spiro atoms. The number of benzene rings is 1. The lowest BCUT2D eigenvalue weighted by Crippen LogP contribution is -2.42. The van der Waals surface area contributed by atoms with Gasteiger partial charge in [-0.05, 0) is 62.2 Å². The Hall–Kier alpha value is -0.580. The van der Waals surface area contributed by atoms with Gasteiger partial charge in [0.05, 0.1) is 0 Å². The average Bonchev–Trinajstić information content (AvgIpc) is 2.89. The molecule has 0 saturated carbocycles. The summed E-state index contributed by atoms with van der Waals surface area (Å²) in [5.74, 6) is 1.87. The number of hydrogen-bond donors (Lipinski definition) is 1. The van der Waals surface area contributed by atoms with E-state index in [1.807, 2.05) is 0 Å². The standard InChI is InChI=1S/C17H25BrN2O/c1-2-20(11-13-4-3-7-19-10-13)12-16-9-14-8-15(18)5-6-17(14)21-16/h5-6,8,13,16,19H,2-4,7,9-12H2,1H3. The van der Waals surface area contributed by atoms with Crippen LogP contribution in [0.2, 0.25) is 0 Å². The average molecular weight is 353 g/mol. The predicted molar refractivity (Wildman–Crippen MR) is 90.0 cm³/mol. The van der Waals surface area contributed by atoms with Gasteiger partial charge < -0.3 is 10.1 Å². The number of hydrogen-bond acceptors (Lipinski definition) is 3. The zero-order chi connectivity index (χ0) is 14.7. The molecule has 3 nitrogen and oxygen atoms in total. The molecule has 0 aliphatic carbocycles. The Labute approximate surface area is 136 Å². The summed E-state index contributed by atoms with van der Waals surface area (Å²) in [6.45, 7) is 7.97. The molecule has 1 aromatic carbocycles. The van der Waals surface area contributed by atoms with Crippen molar-refractivity contribution < 1.29 is 4.74 Å². The van der Waals surface area contributed by atoms with Crippen LogP contribution in [-0.4, -0.2) is 43.7 Å². The molecular weight excluding hydrogens is 328 g/mol. The molecule has 2 aliphatic rings. The van der Waals surface area contributed by atoms with Gasteiger partial charge >= 0.3 is 0 Å². The van der Waals surface area contributed by atoms with Crippen molar-refractivity contribution in [1.29, 1.82) is 0 Å². The maximum atomic E-state index is 6.11. The fraction of sp³-hybridized carbons (Fsp3) is 0.647. The molecule has 3 rings (SSSR count). The summed E-state index contributed by atoms with van der Waals surface area (Å²) in [5.41, 5.74) is 1.34. The van der Waals surface area contributed by atoms with E-state index in [9.17, 15) is 0 Å². The molecule has 21 heavy (non-hydrogen) atoms. The van der Waals surface area contributed by atoms with Crippen LogP contribution in [0.25, 0.3) is 0 Å². The Morgan fingerprint density at radius 3 is 3.05 bits per heavy atom. The van der Waals surface area contributed by atoms with Gasteiger partial charge in [-0.2, -0.15) is 0 Å². The second-order valence-corrected chi connectivity index (χ2v) is 7.18. The second-order valence-electron chi connectivity index (χ2n) is 6.26. The van der Waals surface area contributed by atoms with Crippen molar-refractivity contribution in [2.45, 2.75) is 32.3 Å². The predicted octanol–water partition coefficient (Wildman–Crippen LogP) is 3.07. The molecule has 1 saturated heterocycles. The molecule has 0 radical (unpaired) electrons. The lowest BCUT2D eigenvalue weighted by molar-refractivity contribution is 0.134. The number of nitrogens with zero attached hydrogens (tertiary/aromatic N) is 1. The lowest BCUT2D eigenvalue weighted by Gasteiger charge is -2.30. The summed E-state index contributed by atoms with van der Waals surface area (Å²) >= 11 is 3.54. The van der Waals surface area contributed by atoms with Crippen LogP contribution in [0.15, 0.2) is 22.7 Å². The van der Waals surface area contributed by atoms with Crippen molar-refractivity contribution in [3.63, 3.8) is 0 Å². The number of nitrogens with one attached hydrogen (secondary N) is 1. The second kappa shape index (κ2) is 7.12. The molecule has 1 fully saturated rings. The summed E-state index contributed by atoms with van der Waals surface area (Å²) in [7, 11) is 0. The minimum atomic E-state index is 0.311. The molecule has 4 heteroatoms. The van der Waals surface area contributed by atoms with Gasteiger partial charge in [0.15, 0.2) is 0 Å². The fourth-order valence-electron chi connectivity index (χ4n) is 3.46. The van der Waals surface area contributed by atoms with Crippen molar-refractivity contribution in [2.75, 3.05) is 32.7 Å². The highest BCUT2D eigenvalue weighted by Crippen LogP contribution is 2.31. The lowest BCUT2D eigenvalue weighted by atomic mass is 9.99. The SMILES string of the molecule is CCN(CC1CCCNC1)CC1Cc2cc(Br)ccc2O1. The highest BCUT2D eigenvalue weighted by molar-refractivity contribution is 9.10. The molecule has 1 aromatic rings. The topological polar surface area (TPSA) is 24.5 Å². The van der Waals surface area contributed by atoms with E-state index in [2.05, 4.69) is 51.3 Å². The van der Waals surface area contributed by atoms with Gasteiger partial charge in [0.2, 0.25) is 0 Å². The molecule has 1 N–H and O–H groups in total. The van der Waals surface area contributed by atoms with Crippen LogP contribution in [-0.2, 0) is 6.42 Å². The van der Waals surface area contributed by atoms with E-state index in [-0.39, 0.29) is 0 Å². The summed E-state index contributed by atoms with van der Waals surface area (Å²) in [6, 6.07) is 6.34. The molecule has 116 valence electrons. The Kier molecular flexibility index (Phi) is 5.19. The first-order chi connectivity index (χ1) is 10.2. The number of halogens is 1. The molecule has 0 amide bonds. The van der Waals surface area contributed by atoms with Crippen LogP contribution in [0.4, 0.5) is 0 Å². The normalized spacial score (nSPS) is 24.9. The van der Waals surface area contributed by atoms with Crippen molar-refractivity contribution in [3.8, 4) is 5.75 Å². The summed E-state index contributed by atoms with van der Waals surface area (Å²) in [6.07, 6.45) is 4.03. The highest BCUT2D eigenvalue weighted by Gasteiger charge is 2.26. The smallest absolute Gasteiger partial charge is 0.123 e. The van der Waals surface area contributed by atoms with Crippen molar-refractivity contribution in [1.82, 2.24) is 10.2 Å². The van der Waals surface area contributed by atoms with Gasteiger partial charge in [0.25, 0.3) is 0 Å². The van der Waals surface area contributed by atoms with Crippen LogP contribution in [0, 0.1) is 5.92 Å². The summed E-state index contributed by atoms with van der Waals surface area (Å²) in [5, 5.41) is 3.52. The van der Waals surface area contributed by atoms with E-state index >= 15 is 0 Å². The zero-order valence-corrected chi connectivity index (χ0v) is 14.4. The van der Waals surface area contributed by atoms with Crippen LogP contribution in [0.1, 0.15) is 25.3 Å². The molecule has 2 aliphatic heterocycles. The Balaban J connectivity index is 1.53. The van der Waals surface area contributed by atoms with Gasteiger partial charge in [-0.25, -0.2) is 0 Å². The molecule has 2 unspecified atom stereocenters. The number of fused-ring (bicyclic) bond motifs is 1. The van der Waals surface area contributed by atoms with Crippen molar-refractivity contribution in [3.05, 3.63) is 28.2 Å². The van der Waals surface area contributed by atoms with E-state index in [1.54, 1.807) is 0 Å². The van der Waals surface area contributed by atoms with E-state index in [0.717, 1.165) is 35.7 Å². The number of piperidine rings is 1. The Morgan fingerprint density at radius 2 is 2.29 bits per heavy atom. The van der Waals surface area contributed by atoms with E-state index < -0.39 is 0 Å². The minimum absolute atomic E-state index is 0.311. The Bertz CT molecular complexity index is 474. The quantitative estimate of drug-likeness (QED) is 0.881. The van der Waals surface area contributed by atoms with Gasteiger partial charge in [-0.15, -0.1) is 0 Å². The molecule has 2 heterocycles. The van der Waals surface area contributed by atoms with Crippen molar-refractivity contribution >= 4 is 15.9 Å². The monoisotopic (exact) mass is 352 g/mol.